The second kappa shape index (κ2) is 7.65. The van der Waals surface area contributed by atoms with Crippen LogP contribution in [-0.2, 0) is 19.4 Å². The molecule has 0 aliphatic carbocycles. The van der Waals surface area contributed by atoms with E-state index >= 15 is 0 Å². The number of hydrogen-bond donors (Lipinski definition) is 2. The van der Waals surface area contributed by atoms with Gasteiger partial charge in [-0.2, -0.15) is 5.10 Å². The Morgan fingerprint density at radius 2 is 2.07 bits per heavy atom. The van der Waals surface area contributed by atoms with Gasteiger partial charge in [0.15, 0.2) is 9.84 Å². The largest absolute Gasteiger partial charge is 0.329 e. The molecule has 1 unspecified atom stereocenters. The van der Waals surface area contributed by atoms with Crippen molar-refractivity contribution in [3.63, 3.8) is 0 Å². The fourth-order valence-corrected chi connectivity index (χ4v) is 4.84. The van der Waals surface area contributed by atoms with Crippen molar-refractivity contribution < 1.29 is 18.0 Å². The summed E-state index contributed by atoms with van der Waals surface area (Å²) in [7, 11) is 0.544. The third-order valence-electron chi connectivity index (χ3n) is 4.59. The van der Waals surface area contributed by atoms with Gasteiger partial charge in [0.05, 0.1) is 23.2 Å². The van der Waals surface area contributed by atoms with Crippen molar-refractivity contribution in [2.24, 2.45) is 0 Å². The van der Waals surface area contributed by atoms with Crippen LogP contribution in [0.3, 0.4) is 0 Å². The number of H-pyrrole nitrogens is 1. The Labute approximate surface area is 157 Å². The zero-order valence-corrected chi connectivity index (χ0v) is 16.1. The summed E-state index contributed by atoms with van der Waals surface area (Å²) in [5.41, 5.74) is 1.21. The van der Waals surface area contributed by atoms with Gasteiger partial charge < -0.3 is 15.1 Å². The lowest BCUT2D eigenvalue weighted by atomic mass is 10.2. The van der Waals surface area contributed by atoms with E-state index in [2.05, 4.69) is 15.5 Å². The maximum absolute atomic E-state index is 12.8. The van der Waals surface area contributed by atoms with E-state index in [9.17, 15) is 18.0 Å². The summed E-state index contributed by atoms with van der Waals surface area (Å²) >= 11 is 0. The van der Waals surface area contributed by atoms with Crippen LogP contribution in [-0.4, -0.2) is 85.0 Å². The Kier molecular flexibility index (Phi) is 5.47. The number of hydrogen-bond acceptors (Lipinski definition) is 6. The zero-order chi connectivity index (χ0) is 19.6. The molecule has 2 amide bonds. The van der Waals surface area contributed by atoms with Crippen molar-refractivity contribution in [3.8, 4) is 0 Å². The Balaban J connectivity index is 1.74. The first-order chi connectivity index (χ1) is 12.7. The number of anilines is 1. The Bertz CT molecular complexity index is 953. The lowest BCUT2D eigenvalue weighted by Crippen LogP contribution is -2.48. The topological polar surface area (TPSA) is 115 Å². The average molecular weight is 393 g/mol. The minimum Gasteiger partial charge on any atom is -0.329 e. The molecule has 1 saturated heterocycles. The molecule has 0 radical (unpaired) electrons. The fourth-order valence-electron chi connectivity index (χ4n) is 3.11. The van der Waals surface area contributed by atoms with Crippen LogP contribution < -0.4 is 5.32 Å². The summed E-state index contributed by atoms with van der Waals surface area (Å²) < 4.78 is 23.6. The molecule has 146 valence electrons. The van der Waals surface area contributed by atoms with Crippen LogP contribution >= 0.6 is 0 Å². The monoisotopic (exact) mass is 393 g/mol. The highest BCUT2D eigenvalue weighted by Gasteiger charge is 2.36. The SMILES string of the molecule is CN(C)CCN(C(=O)C(=O)Nc1ccc2cn[nH]c2c1)C1CCS(=O)(=O)C1. The summed E-state index contributed by atoms with van der Waals surface area (Å²) in [5.74, 6) is -1.55. The van der Waals surface area contributed by atoms with E-state index < -0.39 is 27.7 Å². The minimum absolute atomic E-state index is 0.0432. The number of likely N-dealkylation sites (N-methyl/N-ethyl adjacent to an activating group) is 1. The predicted octanol–water partition coefficient (Wildman–Crippen LogP) is 0.0787. The molecule has 3 rings (SSSR count). The lowest BCUT2D eigenvalue weighted by molar-refractivity contribution is -0.144. The highest BCUT2D eigenvalue weighted by Crippen LogP contribution is 2.20. The van der Waals surface area contributed by atoms with Crippen molar-refractivity contribution in [2.45, 2.75) is 12.5 Å². The van der Waals surface area contributed by atoms with Gasteiger partial charge in [-0.3, -0.25) is 14.7 Å². The molecular weight excluding hydrogens is 370 g/mol. The van der Waals surface area contributed by atoms with Crippen molar-refractivity contribution in [2.75, 3.05) is 44.0 Å². The van der Waals surface area contributed by atoms with E-state index in [0.717, 1.165) is 10.9 Å². The summed E-state index contributed by atoms with van der Waals surface area (Å²) in [6.07, 6.45) is 2.02. The predicted molar refractivity (Wildman–Crippen MR) is 102 cm³/mol. The highest BCUT2D eigenvalue weighted by molar-refractivity contribution is 7.91. The molecule has 1 aromatic carbocycles. The first kappa shape index (κ1) is 19.3. The van der Waals surface area contributed by atoms with Crippen molar-refractivity contribution in [1.82, 2.24) is 20.0 Å². The van der Waals surface area contributed by atoms with Gasteiger partial charge in [-0.25, -0.2) is 8.42 Å². The minimum atomic E-state index is -3.17. The van der Waals surface area contributed by atoms with E-state index in [4.69, 9.17) is 0 Å². The number of sulfone groups is 1. The third kappa shape index (κ3) is 4.64. The average Bonchev–Trinajstić information content (AvgIpc) is 3.20. The molecule has 9 nitrogen and oxygen atoms in total. The Morgan fingerprint density at radius 1 is 1.30 bits per heavy atom. The first-order valence-corrected chi connectivity index (χ1v) is 10.5. The van der Waals surface area contributed by atoms with Crippen LogP contribution in [0.15, 0.2) is 24.4 Å². The van der Waals surface area contributed by atoms with Gasteiger partial charge >= 0.3 is 11.8 Å². The molecule has 10 heteroatoms. The molecule has 0 saturated carbocycles. The molecular formula is C17H23N5O4S. The second-order valence-corrected chi connectivity index (χ2v) is 9.21. The molecule has 2 aromatic rings. The Hall–Kier alpha value is -2.46. The summed E-state index contributed by atoms with van der Waals surface area (Å²) in [6.45, 7) is 0.828. The summed E-state index contributed by atoms with van der Waals surface area (Å²) in [4.78, 5) is 28.5. The molecule has 0 spiro atoms. The van der Waals surface area contributed by atoms with Crippen LogP contribution in [0.2, 0.25) is 0 Å². The van der Waals surface area contributed by atoms with E-state index in [1.54, 1.807) is 24.4 Å². The van der Waals surface area contributed by atoms with Crippen LogP contribution in [0.5, 0.6) is 0 Å². The molecule has 1 fully saturated rings. The molecule has 1 aliphatic heterocycles. The number of rotatable bonds is 5. The fraction of sp³-hybridized carbons (Fsp3) is 0.471. The maximum atomic E-state index is 12.8. The molecule has 2 N–H and O–H groups in total. The van der Waals surface area contributed by atoms with Crippen LogP contribution in [0.25, 0.3) is 10.9 Å². The Morgan fingerprint density at radius 3 is 2.74 bits per heavy atom. The number of nitrogens with one attached hydrogen (secondary N) is 2. The quantitative estimate of drug-likeness (QED) is 0.695. The van der Waals surface area contributed by atoms with E-state index in [1.807, 2.05) is 19.0 Å². The van der Waals surface area contributed by atoms with Gasteiger partial charge in [0.25, 0.3) is 0 Å². The number of carbonyl (C=O) groups is 2. The van der Waals surface area contributed by atoms with Gasteiger partial charge in [0, 0.05) is 30.2 Å². The number of amides is 2. The molecule has 1 aliphatic rings. The van der Waals surface area contributed by atoms with Gasteiger partial charge in [0.2, 0.25) is 0 Å². The third-order valence-corrected chi connectivity index (χ3v) is 6.34. The number of nitrogens with zero attached hydrogens (tertiary/aromatic N) is 3. The molecule has 1 atom stereocenters. The van der Waals surface area contributed by atoms with Gasteiger partial charge in [-0.1, -0.05) is 0 Å². The molecule has 2 heterocycles. The van der Waals surface area contributed by atoms with Crippen molar-refractivity contribution in [1.29, 1.82) is 0 Å². The lowest BCUT2D eigenvalue weighted by Gasteiger charge is -2.28. The van der Waals surface area contributed by atoms with Gasteiger partial charge in [0.1, 0.15) is 0 Å². The first-order valence-electron chi connectivity index (χ1n) is 8.65. The number of carbonyl (C=O) groups excluding carboxylic acids is 2. The summed E-state index contributed by atoms with van der Waals surface area (Å²) in [6, 6.07) is 4.69. The number of aromatic amines is 1. The number of benzene rings is 1. The van der Waals surface area contributed by atoms with Crippen molar-refractivity contribution >= 4 is 38.2 Å². The van der Waals surface area contributed by atoms with Crippen LogP contribution in [0, 0.1) is 0 Å². The van der Waals surface area contributed by atoms with E-state index in [-0.39, 0.29) is 11.5 Å². The normalized spacial score (nSPS) is 18.7. The van der Waals surface area contributed by atoms with E-state index in [0.29, 0.717) is 25.2 Å². The second-order valence-electron chi connectivity index (χ2n) is 6.98. The summed E-state index contributed by atoms with van der Waals surface area (Å²) in [5, 5.41) is 10.2. The van der Waals surface area contributed by atoms with E-state index in [1.165, 1.54) is 4.90 Å². The number of aromatic nitrogens is 2. The van der Waals surface area contributed by atoms with Crippen molar-refractivity contribution in [3.05, 3.63) is 24.4 Å². The maximum Gasteiger partial charge on any atom is 0.313 e. The van der Waals surface area contributed by atoms with Crippen LogP contribution in [0.4, 0.5) is 5.69 Å². The smallest absolute Gasteiger partial charge is 0.313 e. The van der Waals surface area contributed by atoms with Gasteiger partial charge in [-0.15, -0.1) is 0 Å². The highest BCUT2D eigenvalue weighted by atomic mass is 32.2. The standard InChI is InChI=1S/C17H23N5O4S/c1-21(2)6-7-22(14-5-8-27(25,26)11-14)17(24)16(23)19-13-4-3-12-10-18-20-15(12)9-13/h3-4,9-10,14H,5-8,11H2,1-2H3,(H,18,20)(H,19,23). The van der Waals surface area contributed by atoms with Crippen LogP contribution in [0.1, 0.15) is 6.42 Å². The number of fused-ring (bicyclic) bond motifs is 1. The molecule has 0 bridgehead atoms. The molecule has 27 heavy (non-hydrogen) atoms. The molecule has 1 aromatic heterocycles. The van der Waals surface area contributed by atoms with Gasteiger partial charge in [-0.05, 0) is 38.7 Å². The zero-order valence-electron chi connectivity index (χ0n) is 15.3.